The third kappa shape index (κ3) is 3.46. The van der Waals surface area contributed by atoms with Gasteiger partial charge in [-0.2, -0.15) is 0 Å². The van der Waals surface area contributed by atoms with Crippen LogP contribution in [0.5, 0.6) is 0 Å². The van der Waals surface area contributed by atoms with Gasteiger partial charge in [0.1, 0.15) is 0 Å². The van der Waals surface area contributed by atoms with Crippen LogP contribution in [0, 0.1) is 12.8 Å². The lowest BCUT2D eigenvalue weighted by molar-refractivity contribution is 0.0945. The highest BCUT2D eigenvalue weighted by atomic mass is 16.5. The molecule has 4 heteroatoms. The average Bonchev–Trinajstić information content (AvgIpc) is 3.19. The topological polar surface area (TPSA) is 51.2 Å². The van der Waals surface area contributed by atoms with Crippen molar-refractivity contribution in [1.29, 1.82) is 0 Å². The first-order valence-electron chi connectivity index (χ1n) is 9.03. The number of nitrogens with one attached hydrogen (secondary N) is 1. The number of carbonyl (C=O) groups excluding carboxylic acids is 1. The van der Waals surface area contributed by atoms with Crippen LogP contribution in [-0.4, -0.2) is 30.6 Å². The van der Waals surface area contributed by atoms with Crippen LogP contribution in [-0.2, 0) is 4.74 Å². The van der Waals surface area contributed by atoms with Crippen molar-refractivity contribution >= 4 is 16.8 Å². The Bertz CT molecular complexity index is 929. The van der Waals surface area contributed by atoms with Crippen molar-refractivity contribution in [2.75, 3.05) is 19.8 Å². The number of hydrogen-bond acceptors (Lipinski definition) is 3. The van der Waals surface area contributed by atoms with E-state index in [0.717, 1.165) is 47.4 Å². The van der Waals surface area contributed by atoms with Gasteiger partial charge in [0.05, 0.1) is 12.1 Å². The molecular weight excluding hydrogens is 324 g/mol. The minimum atomic E-state index is -0.0285. The predicted octanol–water partition coefficient (Wildman–Crippen LogP) is 3.98. The Labute approximate surface area is 153 Å². The zero-order chi connectivity index (χ0) is 17.9. The van der Waals surface area contributed by atoms with E-state index in [1.165, 1.54) is 0 Å². The standard InChI is InChI=1S/C22H22N2O2/c1-15-12-20(19-4-2-3-5-21(19)24-15)17-6-8-18(9-7-17)22(25)23-13-16-10-11-26-14-16/h2-9,12,16H,10-11,13-14H2,1H3,(H,23,25)/t16-/m0/s1. The lowest BCUT2D eigenvalue weighted by Crippen LogP contribution is -2.29. The number of rotatable bonds is 4. The quantitative estimate of drug-likeness (QED) is 0.777. The summed E-state index contributed by atoms with van der Waals surface area (Å²) in [6, 6.07) is 18.0. The molecule has 1 atom stereocenters. The van der Waals surface area contributed by atoms with Crippen LogP contribution in [0.2, 0.25) is 0 Å². The molecule has 0 aliphatic carbocycles. The largest absolute Gasteiger partial charge is 0.381 e. The van der Waals surface area contributed by atoms with Crippen LogP contribution < -0.4 is 5.32 Å². The fourth-order valence-corrected chi connectivity index (χ4v) is 3.43. The van der Waals surface area contributed by atoms with Crippen molar-refractivity contribution in [3.8, 4) is 11.1 Å². The van der Waals surface area contributed by atoms with Gasteiger partial charge in [-0.05, 0) is 48.7 Å². The fourth-order valence-electron chi connectivity index (χ4n) is 3.43. The molecule has 3 aromatic rings. The number of amides is 1. The molecule has 0 spiro atoms. The second-order valence-electron chi connectivity index (χ2n) is 6.85. The number of ether oxygens (including phenoxy) is 1. The van der Waals surface area contributed by atoms with Gasteiger partial charge in [-0.15, -0.1) is 0 Å². The number of pyridine rings is 1. The van der Waals surface area contributed by atoms with Crippen molar-refractivity contribution < 1.29 is 9.53 Å². The number of benzene rings is 2. The number of fused-ring (bicyclic) bond motifs is 1. The van der Waals surface area contributed by atoms with E-state index in [9.17, 15) is 4.79 Å². The summed E-state index contributed by atoms with van der Waals surface area (Å²) >= 11 is 0. The van der Waals surface area contributed by atoms with Crippen molar-refractivity contribution in [2.45, 2.75) is 13.3 Å². The number of para-hydroxylation sites is 1. The number of aromatic nitrogens is 1. The average molecular weight is 346 g/mol. The van der Waals surface area contributed by atoms with Crippen LogP contribution in [0.1, 0.15) is 22.5 Å². The molecule has 4 rings (SSSR count). The van der Waals surface area contributed by atoms with Gasteiger partial charge in [-0.25, -0.2) is 0 Å². The smallest absolute Gasteiger partial charge is 0.251 e. The van der Waals surface area contributed by atoms with Crippen LogP contribution >= 0.6 is 0 Å². The lowest BCUT2D eigenvalue weighted by Gasteiger charge is -2.11. The van der Waals surface area contributed by atoms with Crippen LogP contribution in [0.4, 0.5) is 0 Å². The molecule has 1 aliphatic heterocycles. The first kappa shape index (κ1) is 16.7. The first-order valence-corrected chi connectivity index (χ1v) is 9.03. The molecule has 1 saturated heterocycles. The highest BCUT2D eigenvalue weighted by Gasteiger charge is 2.17. The Morgan fingerprint density at radius 2 is 2.00 bits per heavy atom. The Kier molecular flexibility index (Phi) is 4.67. The molecule has 2 heterocycles. The van der Waals surface area contributed by atoms with Gasteiger partial charge in [-0.1, -0.05) is 30.3 Å². The molecule has 0 radical (unpaired) electrons. The third-order valence-corrected chi connectivity index (χ3v) is 4.88. The monoisotopic (exact) mass is 346 g/mol. The molecule has 0 bridgehead atoms. The van der Waals surface area contributed by atoms with E-state index >= 15 is 0 Å². The number of carbonyl (C=O) groups is 1. The third-order valence-electron chi connectivity index (χ3n) is 4.88. The molecule has 1 N–H and O–H groups in total. The van der Waals surface area contributed by atoms with Crippen molar-refractivity contribution in [3.05, 3.63) is 65.9 Å². The molecule has 0 unspecified atom stereocenters. The zero-order valence-corrected chi connectivity index (χ0v) is 14.9. The van der Waals surface area contributed by atoms with E-state index in [-0.39, 0.29) is 5.91 Å². The Morgan fingerprint density at radius 1 is 1.19 bits per heavy atom. The van der Waals surface area contributed by atoms with Gasteiger partial charge in [0.15, 0.2) is 0 Å². The Morgan fingerprint density at radius 3 is 2.77 bits per heavy atom. The minimum Gasteiger partial charge on any atom is -0.381 e. The summed E-state index contributed by atoms with van der Waals surface area (Å²) < 4.78 is 5.35. The van der Waals surface area contributed by atoms with Gasteiger partial charge in [0.2, 0.25) is 0 Å². The molecule has 1 aromatic heterocycles. The Hall–Kier alpha value is -2.72. The van der Waals surface area contributed by atoms with E-state index in [4.69, 9.17) is 4.74 Å². The summed E-state index contributed by atoms with van der Waals surface area (Å²) in [7, 11) is 0. The summed E-state index contributed by atoms with van der Waals surface area (Å²) in [5.41, 5.74) is 4.89. The van der Waals surface area contributed by atoms with E-state index in [1.54, 1.807) is 0 Å². The van der Waals surface area contributed by atoms with E-state index in [0.29, 0.717) is 18.0 Å². The molecular formula is C22H22N2O2. The molecule has 1 fully saturated rings. The van der Waals surface area contributed by atoms with Gasteiger partial charge >= 0.3 is 0 Å². The van der Waals surface area contributed by atoms with Gasteiger partial charge < -0.3 is 10.1 Å². The highest BCUT2D eigenvalue weighted by molar-refractivity contribution is 5.97. The molecule has 2 aromatic carbocycles. The molecule has 1 aliphatic rings. The summed E-state index contributed by atoms with van der Waals surface area (Å²) in [5.74, 6) is 0.406. The maximum absolute atomic E-state index is 12.4. The first-order chi connectivity index (χ1) is 12.7. The van der Waals surface area contributed by atoms with Crippen molar-refractivity contribution in [2.24, 2.45) is 5.92 Å². The summed E-state index contributed by atoms with van der Waals surface area (Å²) in [6.07, 6.45) is 1.02. The minimum absolute atomic E-state index is 0.0285. The van der Waals surface area contributed by atoms with E-state index in [2.05, 4.69) is 22.4 Å². The van der Waals surface area contributed by atoms with Gasteiger partial charge in [0.25, 0.3) is 5.91 Å². The van der Waals surface area contributed by atoms with Crippen molar-refractivity contribution in [3.63, 3.8) is 0 Å². The maximum Gasteiger partial charge on any atom is 0.251 e. The second kappa shape index (κ2) is 7.26. The lowest BCUT2D eigenvalue weighted by atomic mass is 9.99. The normalized spacial score (nSPS) is 16.7. The fraction of sp³-hybridized carbons (Fsp3) is 0.273. The van der Waals surface area contributed by atoms with Crippen molar-refractivity contribution in [1.82, 2.24) is 10.3 Å². The van der Waals surface area contributed by atoms with Gasteiger partial charge in [-0.3, -0.25) is 9.78 Å². The molecule has 1 amide bonds. The molecule has 26 heavy (non-hydrogen) atoms. The van der Waals surface area contributed by atoms with Crippen LogP contribution in [0.25, 0.3) is 22.0 Å². The predicted molar refractivity (Wildman–Crippen MR) is 103 cm³/mol. The molecule has 132 valence electrons. The van der Waals surface area contributed by atoms with Crippen LogP contribution in [0.15, 0.2) is 54.6 Å². The summed E-state index contributed by atoms with van der Waals surface area (Å²) in [6.45, 7) is 4.22. The molecule has 4 nitrogen and oxygen atoms in total. The van der Waals surface area contributed by atoms with Gasteiger partial charge in [0, 0.05) is 35.7 Å². The molecule has 0 saturated carbocycles. The van der Waals surface area contributed by atoms with E-state index in [1.807, 2.05) is 49.4 Å². The maximum atomic E-state index is 12.4. The summed E-state index contributed by atoms with van der Waals surface area (Å²) in [4.78, 5) is 16.9. The van der Waals surface area contributed by atoms with E-state index < -0.39 is 0 Å². The number of nitrogens with zero attached hydrogens (tertiary/aromatic N) is 1. The number of hydrogen-bond donors (Lipinski definition) is 1. The van der Waals surface area contributed by atoms with Crippen LogP contribution in [0.3, 0.4) is 0 Å². The summed E-state index contributed by atoms with van der Waals surface area (Å²) in [5, 5.41) is 4.13. The highest BCUT2D eigenvalue weighted by Crippen LogP contribution is 2.28. The second-order valence-corrected chi connectivity index (χ2v) is 6.85. The number of aryl methyl sites for hydroxylation is 1. The zero-order valence-electron chi connectivity index (χ0n) is 14.9. The Balaban J connectivity index is 1.55. The SMILES string of the molecule is Cc1cc(-c2ccc(C(=O)NC[C@@H]3CCOC3)cc2)c2ccccc2n1.